The number of rotatable bonds is 5. The number of hydrogen-bond donors (Lipinski definition) is 1. The second-order valence-electron chi connectivity index (χ2n) is 5.44. The lowest BCUT2D eigenvalue weighted by atomic mass is 10.3. The minimum atomic E-state index is -3.68. The predicted octanol–water partition coefficient (Wildman–Crippen LogP) is 3.25. The lowest BCUT2D eigenvalue weighted by Gasteiger charge is -2.28. The molecule has 0 saturated carbocycles. The standard InChI is InChI=1S/C17H20N2O3S/c1-13(2)19(16-7-5-4-6-8-16)23(21,22)17-11-9-15(10-12-17)18-14(3)20/h4-13H,1-3H3,(H,18,20). The molecule has 2 aromatic carbocycles. The topological polar surface area (TPSA) is 66.5 Å². The van der Waals surface area contributed by atoms with Crippen LogP contribution in [0.5, 0.6) is 0 Å². The van der Waals surface area contributed by atoms with Gasteiger partial charge in [-0.15, -0.1) is 0 Å². The quantitative estimate of drug-likeness (QED) is 0.914. The lowest BCUT2D eigenvalue weighted by molar-refractivity contribution is -0.114. The molecule has 0 heterocycles. The van der Waals surface area contributed by atoms with Gasteiger partial charge in [-0.2, -0.15) is 0 Å². The Labute approximate surface area is 137 Å². The van der Waals surface area contributed by atoms with Crippen molar-refractivity contribution in [1.82, 2.24) is 0 Å². The van der Waals surface area contributed by atoms with E-state index in [0.29, 0.717) is 11.4 Å². The van der Waals surface area contributed by atoms with Crippen LogP contribution in [0.3, 0.4) is 0 Å². The van der Waals surface area contributed by atoms with E-state index in [2.05, 4.69) is 5.32 Å². The SMILES string of the molecule is CC(=O)Nc1ccc(S(=O)(=O)N(c2ccccc2)C(C)C)cc1. The summed E-state index contributed by atoms with van der Waals surface area (Å²) in [6, 6.07) is 14.9. The first kappa shape index (κ1) is 17.0. The van der Waals surface area contributed by atoms with Gasteiger partial charge in [0.2, 0.25) is 5.91 Å². The second kappa shape index (κ2) is 6.83. The maximum absolute atomic E-state index is 12.9. The Morgan fingerprint density at radius 1 is 1.00 bits per heavy atom. The maximum atomic E-state index is 12.9. The fourth-order valence-electron chi connectivity index (χ4n) is 2.32. The van der Waals surface area contributed by atoms with E-state index in [0.717, 1.165) is 0 Å². The molecule has 0 unspecified atom stereocenters. The smallest absolute Gasteiger partial charge is 0.264 e. The van der Waals surface area contributed by atoms with Gasteiger partial charge in [0.05, 0.1) is 10.6 Å². The van der Waals surface area contributed by atoms with Gasteiger partial charge in [-0.25, -0.2) is 8.42 Å². The summed E-state index contributed by atoms with van der Waals surface area (Å²) >= 11 is 0. The highest BCUT2D eigenvalue weighted by atomic mass is 32.2. The summed E-state index contributed by atoms with van der Waals surface area (Å²) in [6.07, 6.45) is 0. The number of amides is 1. The number of hydrogen-bond acceptors (Lipinski definition) is 3. The van der Waals surface area contributed by atoms with Gasteiger partial charge in [0, 0.05) is 18.7 Å². The van der Waals surface area contributed by atoms with Crippen molar-refractivity contribution in [3.63, 3.8) is 0 Å². The van der Waals surface area contributed by atoms with Crippen LogP contribution < -0.4 is 9.62 Å². The van der Waals surface area contributed by atoms with Gasteiger partial charge in [0.15, 0.2) is 0 Å². The van der Waals surface area contributed by atoms with E-state index in [1.54, 1.807) is 36.4 Å². The Balaban J connectivity index is 2.40. The first-order valence-electron chi connectivity index (χ1n) is 7.29. The highest BCUT2D eigenvalue weighted by Gasteiger charge is 2.27. The molecule has 0 radical (unpaired) electrons. The number of sulfonamides is 1. The van der Waals surface area contributed by atoms with Crippen LogP contribution in [0.25, 0.3) is 0 Å². The predicted molar refractivity (Wildman–Crippen MR) is 92.0 cm³/mol. The van der Waals surface area contributed by atoms with E-state index in [9.17, 15) is 13.2 Å². The van der Waals surface area contributed by atoms with Crippen molar-refractivity contribution in [3.05, 3.63) is 54.6 Å². The van der Waals surface area contributed by atoms with E-state index in [1.165, 1.54) is 23.4 Å². The van der Waals surface area contributed by atoms with Crippen LogP contribution in [-0.4, -0.2) is 20.4 Å². The Hall–Kier alpha value is -2.34. The summed E-state index contributed by atoms with van der Waals surface area (Å²) in [5, 5.41) is 2.62. The molecule has 0 aromatic heterocycles. The highest BCUT2D eigenvalue weighted by molar-refractivity contribution is 7.92. The van der Waals surface area contributed by atoms with Gasteiger partial charge >= 0.3 is 0 Å². The van der Waals surface area contributed by atoms with Crippen LogP contribution >= 0.6 is 0 Å². The van der Waals surface area contributed by atoms with Crippen LogP contribution in [0.4, 0.5) is 11.4 Å². The molecule has 0 atom stereocenters. The molecule has 2 aromatic rings. The number of carbonyl (C=O) groups excluding carboxylic acids is 1. The van der Waals surface area contributed by atoms with Crippen LogP contribution in [0.1, 0.15) is 20.8 Å². The number of nitrogens with one attached hydrogen (secondary N) is 1. The molecule has 0 aliphatic carbocycles. The summed E-state index contributed by atoms with van der Waals surface area (Å²) in [6.45, 7) is 5.06. The zero-order chi connectivity index (χ0) is 17.0. The Morgan fingerprint density at radius 3 is 2.04 bits per heavy atom. The van der Waals surface area contributed by atoms with Gasteiger partial charge in [0.1, 0.15) is 0 Å². The van der Waals surface area contributed by atoms with Crippen molar-refractivity contribution in [1.29, 1.82) is 0 Å². The van der Waals surface area contributed by atoms with E-state index < -0.39 is 10.0 Å². The molecule has 0 bridgehead atoms. The first-order chi connectivity index (χ1) is 10.8. The summed E-state index contributed by atoms with van der Waals surface area (Å²) in [5.74, 6) is -0.200. The molecule has 23 heavy (non-hydrogen) atoms. The maximum Gasteiger partial charge on any atom is 0.264 e. The summed E-state index contributed by atoms with van der Waals surface area (Å²) in [5.41, 5.74) is 1.18. The summed E-state index contributed by atoms with van der Waals surface area (Å²) in [4.78, 5) is 11.2. The molecule has 1 amide bonds. The van der Waals surface area contributed by atoms with Crippen molar-refractivity contribution in [2.24, 2.45) is 0 Å². The number of anilines is 2. The van der Waals surface area contributed by atoms with Crippen LogP contribution in [0.15, 0.2) is 59.5 Å². The third-order valence-electron chi connectivity index (χ3n) is 3.21. The molecule has 0 aliphatic rings. The lowest BCUT2D eigenvalue weighted by Crippen LogP contribution is -2.36. The van der Waals surface area contributed by atoms with Crippen molar-refractivity contribution in [2.75, 3.05) is 9.62 Å². The fourth-order valence-corrected chi connectivity index (χ4v) is 3.98. The molecule has 5 nitrogen and oxygen atoms in total. The molecule has 122 valence electrons. The van der Waals surface area contributed by atoms with E-state index in [-0.39, 0.29) is 16.8 Å². The minimum absolute atomic E-state index is 0.184. The van der Waals surface area contributed by atoms with E-state index >= 15 is 0 Å². The zero-order valence-electron chi connectivity index (χ0n) is 13.4. The Bertz CT molecular complexity index is 769. The molecule has 0 saturated heterocycles. The average molecular weight is 332 g/mol. The molecule has 2 rings (SSSR count). The van der Waals surface area contributed by atoms with Crippen LogP contribution in [-0.2, 0) is 14.8 Å². The minimum Gasteiger partial charge on any atom is -0.326 e. The summed E-state index contributed by atoms with van der Waals surface area (Å²) in [7, 11) is -3.68. The van der Waals surface area contributed by atoms with Gasteiger partial charge in [-0.05, 0) is 50.2 Å². The average Bonchev–Trinajstić information content (AvgIpc) is 2.47. The van der Waals surface area contributed by atoms with Crippen LogP contribution in [0.2, 0.25) is 0 Å². The van der Waals surface area contributed by atoms with E-state index in [1.807, 2.05) is 19.9 Å². The highest BCUT2D eigenvalue weighted by Crippen LogP contribution is 2.26. The van der Waals surface area contributed by atoms with Gasteiger partial charge in [-0.1, -0.05) is 18.2 Å². The Morgan fingerprint density at radius 2 is 1.57 bits per heavy atom. The van der Waals surface area contributed by atoms with Crippen molar-refractivity contribution >= 4 is 27.3 Å². The van der Waals surface area contributed by atoms with Crippen LogP contribution in [0, 0.1) is 0 Å². The van der Waals surface area contributed by atoms with Gasteiger partial charge < -0.3 is 5.32 Å². The fraction of sp³-hybridized carbons (Fsp3) is 0.235. The molecule has 0 fully saturated rings. The first-order valence-corrected chi connectivity index (χ1v) is 8.73. The molecule has 0 spiro atoms. The third-order valence-corrected chi connectivity index (χ3v) is 5.23. The zero-order valence-corrected chi connectivity index (χ0v) is 14.2. The molecule has 1 N–H and O–H groups in total. The number of benzene rings is 2. The van der Waals surface area contributed by atoms with Gasteiger partial charge in [-0.3, -0.25) is 9.10 Å². The second-order valence-corrected chi connectivity index (χ2v) is 7.25. The molecular formula is C17H20N2O3S. The monoisotopic (exact) mass is 332 g/mol. The molecular weight excluding hydrogens is 312 g/mol. The van der Waals surface area contributed by atoms with E-state index in [4.69, 9.17) is 0 Å². The number of para-hydroxylation sites is 1. The molecule has 0 aliphatic heterocycles. The normalized spacial score (nSPS) is 11.3. The van der Waals surface area contributed by atoms with Crippen molar-refractivity contribution < 1.29 is 13.2 Å². The number of carbonyl (C=O) groups is 1. The van der Waals surface area contributed by atoms with Gasteiger partial charge in [0.25, 0.3) is 10.0 Å². The summed E-state index contributed by atoms with van der Waals surface area (Å²) < 4.78 is 27.3. The molecule has 6 heteroatoms. The Kier molecular flexibility index (Phi) is 5.05. The number of nitrogens with zero attached hydrogens (tertiary/aromatic N) is 1. The largest absolute Gasteiger partial charge is 0.326 e. The third kappa shape index (κ3) is 3.90. The van der Waals surface area contributed by atoms with Crippen molar-refractivity contribution in [3.8, 4) is 0 Å². The van der Waals surface area contributed by atoms with Crippen molar-refractivity contribution in [2.45, 2.75) is 31.7 Å².